The predicted octanol–water partition coefficient (Wildman–Crippen LogP) is 3.77. The molecule has 2 bridgehead atoms. The van der Waals surface area contributed by atoms with Crippen molar-refractivity contribution in [1.29, 1.82) is 0 Å². The molecule has 0 saturated heterocycles. The summed E-state index contributed by atoms with van der Waals surface area (Å²) in [5.74, 6) is 1.76. The monoisotopic (exact) mass is 426 g/mol. The lowest BCUT2D eigenvalue weighted by Gasteiger charge is -2.47. The van der Waals surface area contributed by atoms with Crippen LogP contribution < -0.4 is 5.32 Å². The van der Waals surface area contributed by atoms with Gasteiger partial charge in [-0.1, -0.05) is 11.6 Å². The van der Waals surface area contributed by atoms with Crippen LogP contribution in [0.5, 0.6) is 0 Å². The second-order valence-electron chi connectivity index (χ2n) is 8.24. The standard InChI is InChI=1S/C21H23ClN6O2/c1-10-8-23-20(17-14-7-13(22)9-24-19(14)28-27-17)26-18(10)25-16-12-5-3-11(4-6-12)15(16)21(29)30-2/h7-9,11-12,15-16H,3-6H2,1-2H3,(H,23,25,26)(H,24,27,28)/t11?,12?,15-,16?/m1/s1. The van der Waals surface area contributed by atoms with Gasteiger partial charge in [-0.15, -0.1) is 0 Å². The Labute approximate surface area is 178 Å². The van der Waals surface area contributed by atoms with Gasteiger partial charge in [0.1, 0.15) is 11.5 Å². The molecular formula is C21H23ClN6O2. The van der Waals surface area contributed by atoms with Crippen LogP contribution >= 0.6 is 11.6 Å². The average molecular weight is 427 g/mol. The third-order valence-corrected chi connectivity index (χ3v) is 6.77. The quantitative estimate of drug-likeness (QED) is 0.611. The zero-order valence-corrected chi connectivity index (χ0v) is 17.6. The Bertz CT molecular complexity index is 1110. The first kappa shape index (κ1) is 19.2. The predicted molar refractivity (Wildman–Crippen MR) is 113 cm³/mol. The van der Waals surface area contributed by atoms with E-state index < -0.39 is 0 Å². The summed E-state index contributed by atoms with van der Waals surface area (Å²) in [6, 6.07) is 1.81. The van der Waals surface area contributed by atoms with Crippen LogP contribution in [0, 0.1) is 24.7 Å². The first-order chi connectivity index (χ1) is 14.5. The van der Waals surface area contributed by atoms with Gasteiger partial charge in [-0.3, -0.25) is 9.89 Å². The van der Waals surface area contributed by atoms with Crippen LogP contribution in [0.25, 0.3) is 22.6 Å². The second kappa shape index (κ2) is 7.50. The first-order valence-electron chi connectivity index (χ1n) is 10.2. The van der Waals surface area contributed by atoms with E-state index >= 15 is 0 Å². The van der Waals surface area contributed by atoms with Gasteiger partial charge >= 0.3 is 5.97 Å². The third kappa shape index (κ3) is 3.19. The van der Waals surface area contributed by atoms with Gasteiger partial charge in [0.25, 0.3) is 0 Å². The minimum absolute atomic E-state index is 0.0148. The van der Waals surface area contributed by atoms with Crippen molar-refractivity contribution < 1.29 is 9.53 Å². The van der Waals surface area contributed by atoms with Crippen LogP contribution in [0.4, 0.5) is 5.82 Å². The maximum atomic E-state index is 12.5. The summed E-state index contributed by atoms with van der Waals surface area (Å²) in [6.45, 7) is 1.96. The number of carbonyl (C=O) groups is 1. The van der Waals surface area contributed by atoms with Crippen molar-refractivity contribution in [3.8, 4) is 11.5 Å². The van der Waals surface area contributed by atoms with Gasteiger partial charge in [0.05, 0.1) is 23.4 Å². The first-order valence-corrected chi connectivity index (χ1v) is 10.6. The number of hydrogen-bond acceptors (Lipinski definition) is 7. The highest BCUT2D eigenvalue weighted by Crippen LogP contribution is 2.46. The molecule has 0 aliphatic heterocycles. The summed E-state index contributed by atoms with van der Waals surface area (Å²) in [6.07, 6.45) is 7.77. The summed E-state index contributed by atoms with van der Waals surface area (Å²) in [7, 11) is 1.47. The zero-order chi connectivity index (χ0) is 20.8. The van der Waals surface area contributed by atoms with Gasteiger partial charge in [0.2, 0.25) is 0 Å². The molecule has 8 nitrogen and oxygen atoms in total. The molecule has 2 atom stereocenters. The van der Waals surface area contributed by atoms with Crippen LogP contribution in [0.2, 0.25) is 5.02 Å². The van der Waals surface area contributed by atoms with Crippen molar-refractivity contribution in [2.45, 2.75) is 38.6 Å². The average Bonchev–Trinajstić information content (AvgIpc) is 3.18. The molecule has 3 heterocycles. The molecule has 3 aromatic rings. The maximum absolute atomic E-state index is 12.5. The molecule has 0 amide bonds. The van der Waals surface area contributed by atoms with Crippen molar-refractivity contribution in [3.63, 3.8) is 0 Å². The number of aromatic nitrogens is 5. The molecule has 3 fully saturated rings. The maximum Gasteiger partial charge on any atom is 0.311 e. The van der Waals surface area contributed by atoms with Gasteiger partial charge < -0.3 is 10.1 Å². The van der Waals surface area contributed by atoms with E-state index in [0.717, 1.165) is 42.5 Å². The highest BCUT2D eigenvalue weighted by Gasteiger charge is 2.48. The fourth-order valence-electron chi connectivity index (χ4n) is 5.04. The number of halogens is 1. The van der Waals surface area contributed by atoms with Crippen molar-refractivity contribution in [2.24, 2.45) is 17.8 Å². The minimum atomic E-state index is -0.142. The molecule has 0 aromatic carbocycles. The largest absolute Gasteiger partial charge is 0.469 e. The molecule has 3 aliphatic carbocycles. The van der Waals surface area contributed by atoms with Gasteiger partial charge in [-0.25, -0.2) is 15.0 Å². The Kier molecular flexibility index (Phi) is 4.81. The molecule has 9 heteroatoms. The van der Waals surface area contributed by atoms with Crippen molar-refractivity contribution in [3.05, 3.63) is 29.0 Å². The molecule has 30 heavy (non-hydrogen) atoms. The molecule has 2 N–H and O–H groups in total. The van der Waals surface area contributed by atoms with Crippen molar-refractivity contribution in [1.82, 2.24) is 25.1 Å². The number of hydrogen-bond donors (Lipinski definition) is 2. The topological polar surface area (TPSA) is 106 Å². The summed E-state index contributed by atoms with van der Waals surface area (Å²) in [5, 5.41) is 12.1. The van der Waals surface area contributed by atoms with E-state index in [9.17, 15) is 4.79 Å². The van der Waals surface area contributed by atoms with Crippen LogP contribution in [-0.2, 0) is 9.53 Å². The number of nitrogens with one attached hydrogen (secondary N) is 2. The number of ether oxygens (including phenoxy) is 1. The molecule has 0 spiro atoms. The fourth-order valence-corrected chi connectivity index (χ4v) is 5.20. The fraction of sp³-hybridized carbons (Fsp3) is 0.476. The lowest BCUT2D eigenvalue weighted by molar-refractivity contribution is -0.152. The molecule has 3 aromatic heterocycles. The van der Waals surface area contributed by atoms with Gasteiger partial charge in [-0.05, 0) is 50.5 Å². The number of aromatic amines is 1. The zero-order valence-electron chi connectivity index (χ0n) is 16.9. The lowest BCUT2D eigenvalue weighted by Crippen LogP contribution is -2.52. The molecule has 6 rings (SSSR count). The number of aryl methyl sites for hydroxylation is 1. The number of fused-ring (bicyclic) bond motifs is 4. The normalized spacial score (nSPS) is 25.4. The second-order valence-corrected chi connectivity index (χ2v) is 8.68. The van der Waals surface area contributed by atoms with E-state index in [1.165, 1.54) is 7.11 Å². The highest BCUT2D eigenvalue weighted by atomic mass is 35.5. The minimum Gasteiger partial charge on any atom is -0.469 e. The summed E-state index contributed by atoms with van der Waals surface area (Å²) in [4.78, 5) is 26.0. The number of carbonyl (C=O) groups excluding carboxylic acids is 1. The third-order valence-electron chi connectivity index (χ3n) is 6.57. The number of pyridine rings is 1. The lowest BCUT2D eigenvalue weighted by atomic mass is 9.61. The Balaban J connectivity index is 1.50. The molecule has 0 radical (unpaired) electrons. The number of H-pyrrole nitrogens is 1. The van der Waals surface area contributed by atoms with E-state index in [1.54, 1.807) is 18.5 Å². The number of nitrogens with zero attached hydrogens (tertiary/aromatic N) is 4. The van der Waals surface area contributed by atoms with Gasteiger partial charge in [0.15, 0.2) is 11.5 Å². The van der Waals surface area contributed by atoms with Crippen LogP contribution in [0.3, 0.4) is 0 Å². The van der Waals surface area contributed by atoms with E-state index in [1.807, 2.05) is 6.92 Å². The molecule has 3 aliphatic rings. The van der Waals surface area contributed by atoms with E-state index in [0.29, 0.717) is 34.0 Å². The molecule has 3 saturated carbocycles. The SMILES string of the molecule is COC(=O)[C@@H]1C2CCC(CC2)C1Nc1nc(-c2[nH]nc3ncc(Cl)cc23)ncc1C. The number of rotatable bonds is 4. The molecular weight excluding hydrogens is 404 g/mol. The summed E-state index contributed by atoms with van der Waals surface area (Å²) >= 11 is 6.11. The summed E-state index contributed by atoms with van der Waals surface area (Å²) in [5.41, 5.74) is 2.14. The van der Waals surface area contributed by atoms with Crippen LogP contribution in [-0.4, -0.2) is 44.3 Å². The molecule has 156 valence electrons. The Morgan fingerprint density at radius 3 is 2.73 bits per heavy atom. The number of anilines is 1. The summed E-state index contributed by atoms with van der Waals surface area (Å²) < 4.78 is 5.14. The van der Waals surface area contributed by atoms with Gasteiger partial charge in [-0.2, -0.15) is 5.10 Å². The van der Waals surface area contributed by atoms with Crippen LogP contribution in [0.1, 0.15) is 31.2 Å². The number of esters is 1. The van der Waals surface area contributed by atoms with Crippen molar-refractivity contribution >= 4 is 34.4 Å². The number of methoxy groups -OCH3 is 1. The Morgan fingerprint density at radius 1 is 1.20 bits per heavy atom. The van der Waals surface area contributed by atoms with Crippen molar-refractivity contribution in [2.75, 3.05) is 12.4 Å². The van der Waals surface area contributed by atoms with E-state index in [2.05, 4.69) is 25.5 Å². The van der Waals surface area contributed by atoms with E-state index in [-0.39, 0.29) is 17.9 Å². The molecule has 1 unspecified atom stereocenters. The Morgan fingerprint density at radius 2 is 1.97 bits per heavy atom. The van der Waals surface area contributed by atoms with Gasteiger partial charge in [0, 0.05) is 24.0 Å². The van der Waals surface area contributed by atoms with Crippen LogP contribution in [0.15, 0.2) is 18.5 Å². The van der Waals surface area contributed by atoms with E-state index in [4.69, 9.17) is 21.3 Å². The Hall–Kier alpha value is -2.74. The highest BCUT2D eigenvalue weighted by molar-refractivity contribution is 6.31. The smallest absolute Gasteiger partial charge is 0.311 e.